The molecule has 0 unspecified atom stereocenters. The number of halogens is 1. The normalized spacial score (nSPS) is 18.8. The number of carbonyl (C=O) groups excluding carboxylic acids is 1. The molecule has 1 atom stereocenters. The number of nitrogens with zero attached hydrogens (tertiary/aromatic N) is 3. The molecule has 1 aromatic carbocycles. The minimum atomic E-state index is -0.337. The molecule has 2 fully saturated rings. The maximum Gasteiger partial charge on any atom is 0.226 e. The molecule has 4 rings (SSSR count). The van der Waals surface area contributed by atoms with Gasteiger partial charge in [0.1, 0.15) is 18.2 Å². The summed E-state index contributed by atoms with van der Waals surface area (Å²) in [7, 11) is 2.14. The lowest BCUT2D eigenvalue weighted by atomic mass is 9.84. The van der Waals surface area contributed by atoms with Gasteiger partial charge >= 0.3 is 0 Å². The molecule has 2 heterocycles. The minimum Gasteiger partial charge on any atom is -0.492 e. The lowest BCUT2D eigenvalue weighted by molar-refractivity contribution is -0.121. The van der Waals surface area contributed by atoms with Crippen LogP contribution < -0.4 is 10.1 Å². The van der Waals surface area contributed by atoms with E-state index >= 15 is 0 Å². The summed E-state index contributed by atoms with van der Waals surface area (Å²) in [6.45, 7) is 7.71. The summed E-state index contributed by atoms with van der Waals surface area (Å²) in [5, 5.41) is 3.14. The van der Waals surface area contributed by atoms with Crippen LogP contribution in [-0.4, -0.2) is 73.1 Å². The van der Waals surface area contributed by atoms with Crippen molar-refractivity contribution in [2.24, 2.45) is 5.92 Å². The molecule has 190 valence electrons. The molecule has 0 bridgehead atoms. The highest BCUT2D eigenvalue weighted by atomic mass is 19.1. The van der Waals surface area contributed by atoms with E-state index in [1.165, 1.54) is 38.2 Å². The Morgan fingerprint density at radius 2 is 1.91 bits per heavy atom. The lowest BCUT2D eigenvalue weighted by Gasteiger charge is -2.32. The second kappa shape index (κ2) is 12.5. The Morgan fingerprint density at radius 1 is 1.14 bits per heavy atom. The first-order chi connectivity index (χ1) is 17.0. The monoisotopic (exact) mass is 482 g/mol. The van der Waals surface area contributed by atoms with Crippen LogP contribution in [-0.2, 0) is 11.2 Å². The van der Waals surface area contributed by atoms with Crippen LogP contribution in [0.3, 0.4) is 0 Å². The fourth-order valence-electron chi connectivity index (χ4n) is 5.09. The molecule has 1 N–H and O–H groups in total. The number of aromatic nitrogens is 1. The van der Waals surface area contributed by atoms with Crippen LogP contribution in [0, 0.1) is 11.7 Å². The first-order valence-corrected chi connectivity index (χ1v) is 13.1. The highest BCUT2D eigenvalue weighted by molar-refractivity contribution is 5.78. The van der Waals surface area contributed by atoms with Crippen molar-refractivity contribution in [2.75, 3.05) is 46.4 Å². The second-order valence-corrected chi connectivity index (χ2v) is 10.1. The van der Waals surface area contributed by atoms with E-state index in [2.05, 4.69) is 34.1 Å². The fraction of sp³-hybridized carbons (Fsp3) is 0.571. The highest BCUT2D eigenvalue weighted by Crippen LogP contribution is 2.27. The summed E-state index contributed by atoms with van der Waals surface area (Å²) < 4.78 is 20.6. The number of carbonyl (C=O) groups is 1. The standard InChI is InChI=1S/C28H39FN4O2/c1-21(22-6-4-3-5-7-22)31-28(34)18-24-9-8-23(20-30-24)26-11-10-25(19-27(26)29)35-17-16-33-14-12-32(2)13-15-33/h8-11,19-22H,3-7,12-18H2,1-2H3,(H,31,34)/t21-/m1/s1. The molecule has 2 aromatic rings. The van der Waals surface area contributed by atoms with Crippen LogP contribution in [0.15, 0.2) is 36.5 Å². The quantitative estimate of drug-likeness (QED) is 0.582. The highest BCUT2D eigenvalue weighted by Gasteiger charge is 2.21. The van der Waals surface area contributed by atoms with Crippen molar-refractivity contribution in [3.05, 3.63) is 48.0 Å². The van der Waals surface area contributed by atoms with Gasteiger partial charge in [-0.15, -0.1) is 0 Å². The number of piperazine rings is 1. The zero-order valence-corrected chi connectivity index (χ0v) is 21.1. The molecule has 0 radical (unpaired) electrons. The Kier molecular flexibility index (Phi) is 9.10. The Labute approximate surface area is 208 Å². The van der Waals surface area contributed by atoms with Gasteiger partial charge in [-0.1, -0.05) is 25.3 Å². The molecule has 2 aliphatic rings. The minimum absolute atomic E-state index is 0.00687. The molecule has 1 aromatic heterocycles. The summed E-state index contributed by atoms with van der Waals surface area (Å²) in [5.41, 5.74) is 1.85. The summed E-state index contributed by atoms with van der Waals surface area (Å²) in [6.07, 6.45) is 8.09. The van der Waals surface area contributed by atoms with Crippen LogP contribution in [0.1, 0.15) is 44.7 Å². The molecule has 35 heavy (non-hydrogen) atoms. The SMILES string of the molecule is C[C@@H](NC(=O)Cc1ccc(-c2ccc(OCCN3CCN(C)CC3)cc2F)cn1)C1CCCCC1. The van der Waals surface area contributed by atoms with Crippen molar-refractivity contribution in [1.82, 2.24) is 20.1 Å². The zero-order valence-electron chi connectivity index (χ0n) is 21.1. The van der Waals surface area contributed by atoms with Crippen LogP contribution >= 0.6 is 0 Å². The molecule has 1 saturated carbocycles. The average Bonchev–Trinajstić information content (AvgIpc) is 2.86. The van der Waals surface area contributed by atoms with Gasteiger partial charge in [-0.2, -0.15) is 0 Å². The number of pyridine rings is 1. The van der Waals surface area contributed by atoms with E-state index in [0.717, 1.165) is 32.7 Å². The fourth-order valence-corrected chi connectivity index (χ4v) is 5.09. The van der Waals surface area contributed by atoms with Crippen LogP contribution in [0.4, 0.5) is 4.39 Å². The van der Waals surface area contributed by atoms with Crippen molar-refractivity contribution in [1.29, 1.82) is 0 Å². The van der Waals surface area contributed by atoms with Crippen LogP contribution in [0.5, 0.6) is 5.75 Å². The first-order valence-electron chi connectivity index (χ1n) is 13.1. The molecular formula is C28H39FN4O2. The van der Waals surface area contributed by atoms with E-state index in [1.807, 2.05) is 6.07 Å². The van der Waals surface area contributed by atoms with E-state index in [4.69, 9.17) is 4.74 Å². The van der Waals surface area contributed by atoms with E-state index < -0.39 is 0 Å². The van der Waals surface area contributed by atoms with Gasteiger partial charge in [-0.25, -0.2) is 4.39 Å². The molecule has 6 nitrogen and oxygen atoms in total. The maximum atomic E-state index is 14.8. The van der Waals surface area contributed by atoms with Crippen molar-refractivity contribution in [3.63, 3.8) is 0 Å². The van der Waals surface area contributed by atoms with Crippen LogP contribution in [0.25, 0.3) is 11.1 Å². The Hall–Kier alpha value is -2.51. The third kappa shape index (κ3) is 7.48. The van der Waals surface area contributed by atoms with Gasteiger partial charge in [0.2, 0.25) is 5.91 Å². The number of nitrogens with one attached hydrogen (secondary N) is 1. The third-order valence-corrected chi connectivity index (χ3v) is 7.44. The number of hydrogen-bond acceptors (Lipinski definition) is 5. The molecule has 7 heteroatoms. The van der Waals surface area contributed by atoms with E-state index in [1.54, 1.807) is 24.4 Å². The molecule has 1 aliphatic carbocycles. The number of benzene rings is 1. The summed E-state index contributed by atoms with van der Waals surface area (Å²) in [5.74, 6) is 0.765. The lowest BCUT2D eigenvalue weighted by Crippen LogP contribution is -2.45. The van der Waals surface area contributed by atoms with Crippen LogP contribution in [0.2, 0.25) is 0 Å². The Morgan fingerprint density at radius 3 is 2.60 bits per heavy atom. The molecule has 0 spiro atoms. The number of ether oxygens (including phenoxy) is 1. The average molecular weight is 483 g/mol. The van der Waals surface area contributed by atoms with Crippen molar-refractivity contribution < 1.29 is 13.9 Å². The maximum absolute atomic E-state index is 14.8. The number of amides is 1. The van der Waals surface area contributed by atoms with Gasteiger partial charge in [-0.05, 0) is 50.9 Å². The Bertz CT molecular complexity index is 954. The summed E-state index contributed by atoms with van der Waals surface area (Å²) in [6, 6.07) is 8.80. The first kappa shape index (κ1) is 25.6. The topological polar surface area (TPSA) is 57.7 Å². The van der Waals surface area contributed by atoms with Crippen molar-refractivity contribution in [2.45, 2.75) is 51.5 Å². The number of rotatable bonds is 9. The van der Waals surface area contributed by atoms with Crippen molar-refractivity contribution >= 4 is 5.91 Å². The smallest absolute Gasteiger partial charge is 0.226 e. The van der Waals surface area contributed by atoms with E-state index in [0.29, 0.717) is 35.1 Å². The Balaban J connectivity index is 1.26. The van der Waals surface area contributed by atoms with Crippen molar-refractivity contribution in [3.8, 4) is 16.9 Å². The van der Waals surface area contributed by atoms with E-state index in [9.17, 15) is 9.18 Å². The molecule has 1 aliphatic heterocycles. The van der Waals surface area contributed by atoms with E-state index in [-0.39, 0.29) is 24.2 Å². The van der Waals surface area contributed by atoms with Gasteiger partial charge in [0.05, 0.1) is 6.42 Å². The van der Waals surface area contributed by atoms with Gasteiger partial charge in [0.15, 0.2) is 0 Å². The third-order valence-electron chi connectivity index (χ3n) is 7.44. The van der Waals surface area contributed by atoms with Gasteiger partial charge < -0.3 is 15.0 Å². The van der Waals surface area contributed by atoms with Gasteiger partial charge in [-0.3, -0.25) is 14.7 Å². The van der Waals surface area contributed by atoms with Gasteiger partial charge in [0, 0.05) is 67.8 Å². The zero-order chi connectivity index (χ0) is 24.6. The number of hydrogen-bond donors (Lipinski definition) is 1. The molecular weight excluding hydrogens is 443 g/mol. The number of likely N-dealkylation sites (N-methyl/N-ethyl adjacent to an activating group) is 1. The predicted molar refractivity (Wildman–Crippen MR) is 137 cm³/mol. The molecule has 1 saturated heterocycles. The predicted octanol–water partition coefficient (Wildman–Crippen LogP) is 4.14. The van der Waals surface area contributed by atoms with Gasteiger partial charge in [0.25, 0.3) is 0 Å². The summed E-state index contributed by atoms with van der Waals surface area (Å²) >= 11 is 0. The largest absolute Gasteiger partial charge is 0.492 e. The summed E-state index contributed by atoms with van der Waals surface area (Å²) in [4.78, 5) is 21.6. The molecule has 1 amide bonds. The second-order valence-electron chi connectivity index (χ2n) is 10.1.